The topological polar surface area (TPSA) is 55.3 Å². The lowest BCUT2D eigenvalue weighted by Gasteiger charge is -2.29. The summed E-state index contributed by atoms with van der Waals surface area (Å²) in [6, 6.07) is 79.8. The molecule has 0 amide bonds. The number of furan rings is 2. The Bertz CT molecular complexity index is 3850. The first kappa shape index (κ1) is 38.2. The van der Waals surface area contributed by atoms with E-state index in [9.17, 15) is 0 Å². The van der Waals surface area contributed by atoms with Gasteiger partial charge in [-0.15, -0.1) is 0 Å². The molecule has 3 heterocycles. The van der Waals surface area contributed by atoms with Crippen LogP contribution in [0.2, 0.25) is 0 Å². The standard InChI is InChI=1S/C63H39N3O2/c1-4-15-40(16-5-1)41-27-32-46(33-28-41)66(54-24-14-26-56-57(54)50-22-11-13-25-55(50)67-56)47-34-29-42(30-35-47)45-31-36-49-53(37-45)63(52-23-12-10-21-48(52)51-38-64-39-65-62(51)63)59-58(49)60(43-17-6-2-7-18-43)68-61(59)44-19-8-3-9-20-44/h1-39H. The predicted molar refractivity (Wildman–Crippen MR) is 274 cm³/mol. The number of rotatable bonds is 7. The van der Waals surface area contributed by atoms with Crippen LogP contribution in [0, 0.1) is 0 Å². The number of anilines is 3. The Balaban J connectivity index is 0.961. The van der Waals surface area contributed by atoms with Crippen molar-refractivity contribution in [1.29, 1.82) is 0 Å². The molecule has 0 aliphatic heterocycles. The molecule has 5 heteroatoms. The third kappa shape index (κ3) is 5.56. The van der Waals surface area contributed by atoms with Gasteiger partial charge in [-0.3, -0.25) is 0 Å². The van der Waals surface area contributed by atoms with E-state index < -0.39 is 5.41 Å². The van der Waals surface area contributed by atoms with E-state index in [1.165, 1.54) is 22.3 Å². The highest BCUT2D eigenvalue weighted by molar-refractivity contribution is 6.13. The molecule has 1 spiro atoms. The Hall–Kier alpha value is -9.06. The highest BCUT2D eigenvalue weighted by Crippen LogP contribution is 2.66. The average Bonchev–Trinajstić information content (AvgIpc) is 4.16. The summed E-state index contributed by atoms with van der Waals surface area (Å²) < 4.78 is 13.6. The molecule has 9 aromatic carbocycles. The molecule has 68 heavy (non-hydrogen) atoms. The van der Waals surface area contributed by atoms with Gasteiger partial charge in [0.15, 0.2) is 0 Å². The van der Waals surface area contributed by atoms with Crippen molar-refractivity contribution in [1.82, 2.24) is 9.97 Å². The third-order valence-corrected chi connectivity index (χ3v) is 14.0. The highest BCUT2D eigenvalue weighted by Gasteiger charge is 2.56. The molecule has 0 saturated heterocycles. The summed E-state index contributed by atoms with van der Waals surface area (Å²) in [5.41, 5.74) is 19.5. The van der Waals surface area contributed by atoms with Gasteiger partial charge in [-0.25, -0.2) is 9.97 Å². The lowest BCUT2D eigenvalue weighted by Crippen LogP contribution is -2.27. The van der Waals surface area contributed by atoms with E-state index >= 15 is 0 Å². The van der Waals surface area contributed by atoms with Crippen molar-refractivity contribution >= 4 is 39.0 Å². The molecular weight excluding hydrogens is 831 g/mol. The summed E-state index contributed by atoms with van der Waals surface area (Å²) in [7, 11) is 0. The minimum absolute atomic E-state index is 0.772. The van der Waals surface area contributed by atoms with Crippen LogP contribution in [0.25, 0.3) is 89.1 Å². The monoisotopic (exact) mass is 869 g/mol. The molecule has 0 bridgehead atoms. The number of fused-ring (bicyclic) bond motifs is 13. The van der Waals surface area contributed by atoms with Gasteiger partial charge in [-0.05, 0) is 93.0 Å². The van der Waals surface area contributed by atoms with E-state index in [1.807, 2.05) is 18.3 Å². The van der Waals surface area contributed by atoms with Crippen LogP contribution in [-0.4, -0.2) is 9.97 Å². The second-order valence-corrected chi connectivity index (χ2v) is 17.6. The van der Waals surface area contributed by atoms with Gasteiger partial charge in [-0.2, -0.15) is 0 Å². The van der Waals surface area contributed by atoms with Gasteiger partial charge in [0.25, 0.3) is 0 Å². The Kier molecular flexibility index (Phi) is 8.43. The van der Waals surface area contributed by atoms with E-state index in [1.54, 1.807) is 6.33 Å². The summed E-state index contributed by atoms with van der Waals surface area (Å²) in [5.74, 6) is 1.70. The van der Waals surface area contributed by atoms with E-state index in [-0.39, 0.29) is 0 Å². The van der Waals surface area contributed by atoms with Crippen LogP contribution >= 0.6 is 0 Å². The van der Waals surface area contributed by atoms with Gasteiger partial charge in [-0.1, -0.05) is 176 Å². The highest BCUT2D eigenvalue weighted by atomic mass is 16.3. The summed E-state index contributed by atoms with van der Waals surface area (Å²) >= 11 is 0. The van der Waals surface area contributed by atoms with Crippen LogP contribution in [0.4, 0.5) is 17.1 Å². The quantitative estimate of drug-likeness (QED) is 0.160. The van der Waals surface area contributed by atoms with Crippen LogP contribution in [0.1, 0.15) is 22.4 Å². The van der Waals surface area contributed by atoms with Crippen molar-refractivity contribution in [3.05, 3.63) is 259 Å². The molecule has 5 nitrogen and oxygen atoms in total. The summed E-state index contributed by atoms with van der Waals surface area (Å²) in [5, 5.41) is 2.16. The molecule has 0 saturated carbocycles. The molecule has 14 rings (SSSR count). The molecule has 1 atom stereocenters. The zero-order valence-electron chi connectivity index (χ0n) is 36.7. The second kappa shape index (κ2) is 15.0. The maximum Gasteiger partial charge on any atom is 0.142 e. The smallest absolute Gasteiger partial charge is 0.142 e. The van der Waals surface area contributed by atoms with Gasteiger partial charge in [0.05, 0.1) is 22.2 Å². The number of aromatic nitrogens is 2. The maximum atomic E-state index is 7.18. The lowest BCUT2D eigenvalue weighted by molar-refractivity contribution is 0.586. The minimum Gasteiger partial charge on any atom is -0.456 e. The number of para-hydroxylation sites is 1. The van der Waals surface area contributed by atoms with Crippen LogP contribution in [0.15, 0.2) is 246 Å². The molecule has 0 N–H and O–H groups in total. The van der Waals surface area contributed by atoms with Crippen molar-refractivity contribution in [2.24, 2.45) is 0 Å². The van der Waals surface area contributed by atoms with Crippen molar-refractivity contribution in [2.75, 3.05) is 4.90 Å². The normalized spacial score (nSPS) is 14.2. The van der Waals surface area contributed by atoms with Crippen LogP contribution in [-0.2, 0) is 5.41 Å². The molecular formula is C63H39N3O2. The van der Waals surface area contributed by atoms with Crippen LogP contribution < -0.4 is 4.90 Å². The Morgan fingerprint density at radius 3 is 1.74 bits per heavy atom. The Morgan fingerprint density at radius 1 is 0.412 bits per heavy atom. The number of hydrogen-bond acceptors (Lipinski definition) is 5. The molecule has 1 unspecified atom stereocenters. The SMILES string of the molecule is c1ccc(-c2ccc(N(c3ccc(-c4ccc5c(c4)C4(c6ccccc6-c6cncnc64)c4c(-c6ccccc6)oc(-c6ccccc6)c4-5)cc3)c3cccc4oc5ccccc5c34)cc2)cc1. The zero-order chi connectivity index (χ0) is 44.8. The number of nitrogens with zero attached hydrogens (tertiary/aromatic N) is 3. The van der Waals surface area contributed by atoms with E-state index in [0.717, 1.165) is 106 Å². The Morgan fingerprint density at radius 2 is 1.00 bits per heavy atom. The average molecular weight is 870 g/mol. The number of benzene rings is 9. The summed E-state index contributed by atoms with van der Waals surface area (Å²) in [6.07, 6.45) is 3.67. The first-order valence-electron chi connectivity index (χ1n) is 23.0. The van der Waals surface area contributed by atoms with Crippen molar-refractivity contribution in [2.45, 2.75) is 5.41 Å². The molecule has 0 radical (unpaired) electrons. The molecule has 0 fully saturated rings. The molecule has 2 aliphatic carbocycles. The fourth-order valence-corrected chi connectivity index (χ4v) is 11.1. The predicted octanol–water partition coefficient (Wildman–Crippen LogP) is 16.5. The largest absolute Gasteiger partial charge is 0.456 e. The molecule has 3 aromatic heterocycles. The van der Waals surface area contributed by atoms with Crippen molar-refractivity contribution < 1.29 is 8.83 Å². The summed E-state index contributed by atoms with van der Waals surface area (Å²) in [4.78, 5) is 12.1. The van der Waals surface area contributed by atoms with Gasteiger partial charge < -0.3 is 13.7 Å². The van der Waals surface area contributed by atoms with E-state index in [4.69, 9.17) is 13.8 Å². The maximum absolute atomic E-state index is 7.18. The fourth-order valence-electron chi connectivity index (χ4n) is 11.1. The second-order valence-electron chi connectivity index (χ2n) is 17.6. The first-order chi connectivity index (χ1) is 33.7. The molecule has 318 valence electrons. The first-order valence-corrected chi connectivity index (χ1v) is 23.0. The van der Waals surface area contributed by atoms with Crippen molar-refractivity contribution in [3.8, 4) is 67.2 Å². The molecule has 2 aliphatic rings. The van der Waals surface area contributed by atoms with E-state index in [2.05, 4.69) is 222 Å². The fraction of sp³-hybridized carbons (Fsp3) is 0.0159. The van der Waals surface area contributed by atoms with E-state index in [0.29, 0.717) is 0 Å². The van der Waals surface area contributed by atoms with Gasteiger partial charge >= 0.3 is 0 Å². The molecule has 12 aromatic rings. The third-order valence-electron chi connectivity index (χ3n) is 14.0. The van der Waals surface area contributed by atoms with Crippen LogP contribution in [0.5, 0.6) is 0 Å². The number of hydrogen-bond donors (Lipinski definition) is 0. The van der Waals surface area contributed by atoms with Crippen molar-refractivity contribution in [3.63, 3.8) is 0 Å². The zero-order valence-corrected chi connectivity index (χ0v) is 36.7. The van der Waals surface area contributed by atoms with Gasteiger partial charge in [0, 0.05) is 50.8 Å². The van der Waals surface area contributed by atoms with Gasteiger partial charge in [0.2, 0.25) is 0 Å². The summed E-state index contributed by atoms with van der Waals surface area (Å²) in [6.45, 7) is 0. The Labute approximate surface area is 392 Å². The minimum atomic E-state index is -0.772. The van der Waals surface area contributed by atoms with Crippen LogP contribution in [0.3, 0.4) is 0 Å². The lowest BCUT2D eigenvalue weighted by atomic mass is 9.71. The van der Waals surface area contributed by atoms with Gasteiger partial charge in [0.1, 0.15) is 29.0 Å².